The Bertz CT molecular complexity index is 2400. The molecular formula is C40H28N4O12. The van der Waals surface area contributed by atoms with E-state index >= 15 is 0 Å². The Kier molecular flexibility index (Phi) is 9.68. The number of hydrogen-bond donors (Lipinski definition) is 0. The fourth-order valence-electron chi connectivity index (χ4n) is 6.00. The molecule has 0 spiro atoms. The maximum atomic E-state index is 12.4. The van der Waals surface area contributed by atoms with Crippen LogP contribution in [0.5, 0.6) is 46.0 Å². The van der Waals surface area contributed by atoms with Gasteiger partial charge in [0.1, 0.15) is 35.1 Å². The molecule has 56 heavy (non-hydrogen) atoms. The Labute approximate surface area is 316 Å². The number of hydrogen-bond acceptors (Lipinski definition) is 12. The fraction of sp³-hybridized carbons (Fsp3) is 0.100. The molecule has 6 aromatic carbocycles. The molecule has 0 aliphatic carbocycles. The van der Waals surface area contributed by atoms with Crippen molar-refractivity contribution in [1.29, 1.82) is 0 Å². The van der Waals surface area contributed by atoms with E-state index in [9.17, 15) is 40.5 Å². The molecular weight excluding hydrogens is 728 g/mol. The average Bonchev–Trinajstić information content (AvgIpc) is 3.15. The molecule has 1 aliphatic heterocycles. The molecule has 0 fully saturated rings. The van der Waals surface area contributed by atoms with Crippen molar-refractivity contribution in [3.05, 3.63) is 183 Å². The Balaban J connectivity index is 1.47. The highest BCUT2D eigenvalue weighted by Gasteiger charge is 2.31. The zero-order valence-corrected chi connectivity index (χ0v) is 29.5. The first-order valence-corrected chi connectivity index (χ1v) is 16.8. The lowest BCUT2D eigenvalue weighted by Crippen LogP contribution is -2.03. The highest BCUT2D eigenvalue weighted by molar-refractivity contribution is 5.66. The van der Waals surface area contributed by atoms with Gasteiger partial charge in [-0.2, -0.15) is 0 Å². The fourth-order valence-corrected chi connectivity index (χ4v) is 6.00. The zero-order valence-electron chi connectivity index (χ0n) is 29.5. The molecule has 1 heterocycles. The molecule has 0 radical (unpaired) electrons. The molecule has 0 amide bonds. The van der Waals surface area contributed by atoms with E-state index in [1.807, 2.05) is 62.4 Å². The first kappa shape index (κ1) is 36.5. The van der Waals surface area contributed by atoms with Crippen LogP contribution < -0.4 is 18.9 Å². The summed E-state index contributed by atoms with van der Waals surface area (Å²) in [6, 6.07) is 27.4. The van der Waals surface area contributed by atoms with E-state index in [0.717, 1.165) is 40.5 Å². The third-order valence-electron chi connectivity index (χ3n) is 8.87. The van der Waals surface area contributed by atoms with Gasteiger partial charge in [-0.1, -0.05) is 71.8 Å². The average molecular weight is 757 g/mol. The maximum absolute atomic E-state index is 12.4. The number of fused-ring (bicyclic) bond motifs is 8. The van der Waals surface area contributed by atoms with Gasteiger partial charge >= 0.3 is 22.7 Å². The van der Waals surface area contributed by atoms with Crippen LogP contribution >= 0.6 is 0 Å². The molecule has 0 atom stereocenters. The summed E-state index contributed by atoms with van der Waals surface area (Å²) in [5.41, 5.74) is 1.71. The van der Waals surface area contributed by atoms with Gasteiger partial charge in [0, 0.05) is 37.1 Å². The van der Waals surface area contributed by atoms with Gasteiger partial charge in [-0.15, -0.1) is 0 Å². The summed E-state index contributed by atoms with van der Waals surface area (Å²) in [7, 11) is 0. The van der Waals surface area contributed by atoms with Gasteiger partial charge in [-0.25, -0.2) is 0 Å². The van der Waals surface area contributed by atoms with Crippen LogP contribution in [0.1, 0.15) is 33.4 Å². The number of ether oxygens (including phenoxy) is 4. The van der Waals surface area contributed by atoms with Crippen molar-refractivity contribution >= 4 is 22.7 Å². The zero-order chi connectivity index (χ0) is 39.7. The van der Waals surface area contributed by atoms with Crippen molar-refractivity contribution in [2.75, 3.05) is 0 Å². The molecule has 7 rings (SSSR count). The summed E-state index contributed by atoms with van der Waals surface area (Å²) in [5, 5.41) is 49.2. The van der Waals surface area contributed by atoms with Crippen molar-refractivity contribution in [1.82, 2.24) is 0 Å². The quantitative estimate of drug-likeness (QED) is 0.105. The van der Waals surface area contributed by atoms with Crippen LogP contribution in [0.25, 0.3) is 0 Å². The summed E-state index contributed by atoms with van der Waals surface area (Å²) in [6.07, 6.45) is 0.510. The number of aryl methyl sites for hydroxylation is 2. The van der Waals surface area contributed by atoms with Gasteiger partial charge in [0.15, 0.2) is 0 Å². The molecule has 0 saturated heterocycles. The second-order valence-electron chi connectivity index (χ2n) is 12.9. The summed E-state index contributed by atoms with van der Waals surface area (Å²) >= 11 is 0. The summed E-state index contributed by atoms with van der Waals surface area (Å²) < 4.78 is 24.4. The first-order valence-electron chi connectivity index (χ1n) is 16.8. The van der Waals surface area contributed by atoms with Crippen molar-refractivity contribution < 1.29 is 38.6 Å². The van der Waals surface area contributed by atoms with Crippen molar-refractivity contribution in [2.24, 2.45) is 0 Å². The number of nitro benzene ring substituents is 4. The number of nitro groups is 4. The smallest absolute Gasteiger partial charge is 0.318 e. The van der Waals surface area contributed by atoms with E-state index in [1.54, 1.807) is 12.1 Å². The highest BCUT2D eigenvalue weighted by Crippen LogP contribution is 2.48. The summed E-state index contributed by atoms with van der Waals surface area (Å²) in [5.74, 6) is -1.77. The van der Waals surface area contributed by atoms with E-state index in [-0.39, 0.29) is 35.8 Å². The van der Waals surface area contributed by atoms with Gasteiger partial charge < -0.3 is 18.9 Å². The van der Waals surface area contributed by atoms with Crippen LogP contribution in [0.3, 0.4) is 0 Å². The number of benzene rings is 6. The Morgan fingerprint density at radius 3 is 1.04 bits per heavy atom. The Hall–Kier alpha value is -7.88. The molecule has 1 aliphatic rings. The highest BCUT2D eigenvalue weighted by atomic mass is 16.6. The van der Waals surface area contributed by atoms with Gasteiger partial charge in [0.25, 0.3) is 0 Å². The van der Waals surface area contributed by atoms with E-state index in [1.165, 1.54) is 24.3 Å². The van der Waals surface area contributed by atoms with E-state index in [4.69, 9.17) is 18.9 Å². The predicted molar refractivity (Wildman–Crippen MR) is 201 cm³/mol. The normalized spacial score (nSPS) is 11.6. The predicted octanol–water partition coefficient (Wildman–Crippen LogP) is 10.6. The van der Waals surface area contributed by atoms with Crippen molar-refractivity contribution in [2.45, 2.75) is 26.7 Å². The first-order chi connectivity index (χ1) is 26.8. The Morgan fingerprint density at radius 1 is 0.393 bits per heavy atom. The maximum Gasteiger partial charge on any atom is 0.318 e. The van der Waals surface area contributed by atoms with Crippen molar-refractivity contribution in [3.63, 3.8) is 0 Å². The Morgan fingerprint density at radius 2 is 0.714 bits per heavy atom. The van der Waals surface area contributed by atoms with E-state index in [2.05, 4.69) is 0 Å². The minimum atomic E-state index is -0.846. The van der Waals surface area contributed by atoms with E-state index in [0.29, 0.717) is 17.2 Å². The minimum Gasteiger partial charge on any atom is -0.450 e. The molecule has 0 unspecified atom stereocenters. The van der Waals surface area contributed by atoms with Crippen LogP contribution in [0.4, 0.5) is 22.7 Å². The lowest BCUT2D eigenvalue weighted by molar-refractivity contribution is -0.395. The second kappa shape index (κ2) is 14.9. The summed E-state index contributed by atoms with van der Waals surface area (Å²) in [6.45, 7) is 3.85. The van der Waals surface area contributed by atoms with Gasteiger partial charge in [0.05, 0.1) is 19.7 Å². The van der Waals surface area contributed by atoms with Crippen molar-refractivity contribution in [3.8, 4) is 46.0 Å². The third-order valence-corrected chi connectivity index (χ3v) is 8.87. The molecule has 0 N–H and O–H groups in total. The third kappa shape index (κ3) is 7.74. The molecule has 0 saturated carbocycles. The topological polar surface area (TPSA) is 209 Å². The monoisotopic (exact) mass is 756 g/mol. The largest absolute Gasteiger partial charge is 0.450 e. The van der Waals surface area contributed by atoms with E-state index < -0.39 is 65.4 Å². The summed E-state index contributed by atoms with van der Waals surface area (Å²) in [4.78, 5) is 45.8. The number of nitrogens with zero attached hydrogens (tertiary/aromatic N) is 4. The minimum absolute atomic E-state index is 0.00108. The lowest BCUT2D eigenvalue weighted by atomic mass is 10.0. The molecule has 16 heteroatoms. The second-order valence-corrected chi connectivity index (χ2v) is 12.9. The van der Waals surface area contributed by atoms with Crippen LogP contribution in [0, 0.1) is 54.3 Å². The standard InChI is InChI=1S/C40H28N4O12/c1-23-3-7-25(8-4-23)15-27-11-13-29-17-35(27)55-39-22-40(34(44(51)52)20-33(39)43(49)50)56-36-18-30(14-12-28(36)16-26-9-5-24(2)6-10-26)54-38-21-37(53-29)31(41(45)46)19-32(38)42(47)48/h3-14,17-22H,15-16H2,1-2H3. The number of rotatable bonds is 8. The van der Waals surface area contributed by atoms with Gasteiger partial charge in [-0.05, 0) is 48.2 Å². The van der Waals surface area contributed by atoms with Crippen LogP contribution in [-0.2, 0) is 12.8 Å². The van der Waals surface area contributed by atoms with Gasteiger partial charge in [-0.3, -0.25) is 40.5 Å². The van der Waals surface area contributed by atoms with Crippen LogP contribution in [0.2, 0.25) is 0 Å². The SMILES string of the molecule is Cc1ccc(Cc2ccc3cc2Oc2cc(c([N+](=O)[O-])cc2[N+](=O)[O-])Oc2cc(ccc2Cc2ccc(C)cc2)Oc2cc(c([N+](=O)[O-])cc2[N+](=O)[O-])O3)cc1. The molecule has 0 aromatic heterocycles. The molecule has 16 nitrogen and oxygen atoms in total. The molecule has 6 aromatic rings. The lowest BCUT2D eigenvalue weighted by Gasteiger charge is -2.17. The van der Waals surface area contributed by atoms with Crippen LogP contribution in [0.15, 0.2) is 109 Å². The van der Waals surface area contributed by atoms with Crippen LogP contribution in [-0.4, -0.2) is 19.7 Å². The molecule has 280 valence electrons. The van der Waals surface area contributed by atoms with Gasteiger partial charge in [0.2, 0.25) is 23.0 Å². The molecule has 8 bridgehead atoms.